The standard InChI is InChI=1S/C28H30Cl2N4O7S/c1-4-31-28(36)25(15-19-9-6-5-7-10-19)32(17-21-22(29)11-8-12-23(21)30)27(35)18-33(42(3,39)40)24-16-20(34(37)38)13-14-26(24)41-2/h5-14,16,25H,4,15,17-18H2,1-3H3,(H,31,36). The number of anilines is 1. The van der Waals surface area contributed by atoms with E-state index in [2.05, 4.69) is 5.32 Å². The van der Waals surface area contributed by atoms with Crippen molar-refractivity contribution in [1.29, 1.82) is 0 Å². The first-order valence-corrected chi connectivity index (χ1v) is 15.3. The lowest BCUT2D eigenvalue weighted by molar-refractivity contribution is -0.384. The zero-order valence-electron chi connectivity index (χ0n) is 23.1. The Balaban J connectivity index is 2.16. The Morgan fingerprint density at radius 2 is 1.69 bits per heavy atom. The number of carbonyl (C=O) groups is 2. The molecule has 1 N–H and O–H groups in total. The minimum absolute atomic E-state index is 0.0101. The molecule has 0 fully saturated rings. The van der Waals surface area contributed by atoms with E-state index in [4.69, 9.17) is 27.9 Å². The molecule has 0 radical (unpaired) electrons. The molecular formula is C28H30Cl2N4O7S. The van der Waals surface area contributed by atoms with Crippen LogP contribution in [0.3, 0.4) is 0 Å². The number of halogens is 2. The van der Waals surface area contributed by atoms with E-state index in [1.54, 1.807) is 49.4 Å². The van der Waals surface area contributed by atoms with Gasteiger partial charge in [-0.3, -0.25) is 24.0 Å². The van der Waals surface area contributed by atoms with Crippen LogP contribution in [-0.4, -0.2) is 62.6 Å². The lowest BCUT2D eigenvalue weighted by Gasteiger charge is -2.34. The molecule has 14 heteroatoms. The Morgan fingerprint density at radius 1 is 1.05 bits per heavy atom. The monoisotopic (exact) mass is 636 g/mol. The molecule has 3 rings (SSSR count). The summed E-state index contributed by atoms with van der Waals surface area (Å²) in [4.78, 5) is 39.6. The number of hydrogen-bond donors (Lipinski definition) is 1. The Labute approximate surface area is 254 Å². The SMILES string of the molecule is CCNC(=O)C(Cc1ccccc1)N(Cc1c(Cl)cccc1Cl)C(=O)CN(c1cc([N+](=O)[O-])ccc1OC)S(C)(=O)=O. The average molecular weight is 638 g/mol. The van der Waals surface area contributed by atoms with Gasteiger partial charge >= 0.3 is 0 Å². The molecule has 0 bridgehead atoms. The third-order valence-corrected chi connectivity index (χ3v) is 8.17. The molecule has 3 aromatic carbocycles. The largest absolute Gasteiger partial charge is 0.495 e. The number of nitro groups is 1. The van der Waals surface area contributed by atoms with Crippen molar-refractivity contribution in [2.24, 2.45) is 0 Å². The molecule has 0 saturated heterocycles. The molecule has 0 aliphatic heterocycles. The zero-order chi connectivity index (χ0) is 31.0. The van der Waals surface area contributed by atoms with E-state index in [0.717, 1.165) is 24.0 Å². The fraction of sp³-hybridized carbons (Fsp3) is 0.286. The normalized spacial score (nSPS) is 11.8. The molecule has 0 aromatic heterocycles. The van der Waals surface area contributed by atoms with Crippen molar-refractivity contribution < 1.29 is 27.7 Å². The number of ether oxygens (including phenoxy) is 1. The van der Waals surface area contributed by atoms with Crippen molar-refractivity contribution >= 4 is 56.4 Å². The predicted octanol–water partition coefficient (Wildman–Crippen LogP) is 4.45. The van der Waals surface area contributed by atoms with E-state index in [1.165, 1.54) is 18.1 Å². The van der Waals surface area contributed by atoms with Gasteiger partial charge in [0.2, 0.25) is 21.8 Å². The number of likely N-dealkylation sites (N-methyl/N-ethyl adjacent to an activating group) is 1. The van der Waals surface area contributed by atoms with Crippen LogP contribution in [-0.2, 0) is 32.6 Å². The molecule has 42 heavy (non-hydrogen) atoms. The number of non-ortho nitro benzene ring substituents is 1. The maximum atomic E-state index is 14.1. The highest BCUT2D eigenvalue weighted by Crippen LogP contribution is 2.34. The van der Waals surface area contributed by atoms with Crippen LogP contribution in [0.4, 0.5) is 11.4 Å². The van der Waals surface area contributed by atoms with E-state index in [1.807, 2.05) is 6.07 Å². The van der Waals surface area contributed by atoms with Gasteiger partial charge in [-0.1, -0.05) is 59.6 Å². The van der Waals surface area contributed by atoms with Gasteiger partial charge in [0.25, 0.3) is 5.69 Å². The highest BCUT2D eigenvalue weighted by Gasteiger charge is 2.34. The Morgan fingerprint density at radius 3 is 2.24 bits per heavy atom. The van der Waals surface area contributed by atoms with Gasteiger partial charge < -0.3 is 15.0 Å². The summed E-state index contributed by atoms with van der Waals surface area (Å²) in [5, 5.41) is 14.7. The number of nitrogens with zero attached hydrogens (tertiary/aromatic N) is 3. The molecule has 3 aromatic rings. The van der Waals surface area contributed by atoms with Crippen LogP contribution >= 0.6 is 23.2 Å². The molecule has 1 unspecified atom stereocenters. The van der Waals surface area contributed by atoms with Gasteiger partial charge in [0, 0.05) is 47.3 Å². The quantitative estimate of drug-likeness (QED) is 0.216. The number of hydrogen-bond acceptors (Lipinski definition) is 7. The van der Waals surface area contributed by atoms with E-state index in [9.17, 15) is 28.1 Å². The van der Waals surface area contributed by atoms with Gasteiger partial charge in [-0.15, -0.1) is 0 Å². The lowest BCUT2D eigenvalue weighted by atomic mass is 10.0. The summed E-state index contributed by atoms with van der Waals surface area (Å²) < 4.78 is 32.0. The van der Waals surface area contributed by atoms with Crippen LogP contribution in [0.5, 0.6) is 5.75 Å². The number of nitro benzene ring substituents is 1. The number of amides is 2. The average Bonchev–Trinajstić information content (AvgIpc) is 2.94. The Bertz CT molecular complexity index is 1530. The summed E-state index contributed by atoms with van der Waals surface area (Å²) >= 11 is 12.9. The lowest BCUT2D eigenvalue weighted by Crippen LogP contribution is -2.53. The van der Waals surface area contributed by atoms with Gasteiger partial charge in [0.15, 0.2) is 0 Å². The van der Waals surface area contributed by atoms with Crippen LogP contribution in [0.25, 0.3) is 0 Å². The Kier molecular flexibility index (Phi) is 11.1. The number of rotatable bonds is 13. The van der Waals surface area contributed by atoms with E-state index in [0.29, 0.717) is 9.87 Å². The summed E-state index contributed by atoms with van der Waals surface area (Å²) in [6.45, 7) is 0.979. The van der Waals surface area contributed by atoms with E-state index in [-0.39, 0.29) is 41.0 Å². The van der Waals surface area contributed by atoms with E-state index < -0.39 is 45.0 Å². The van der Waals surface area contributed by atoms with Crippen molar-refractivity contribution in [3.05, 3.63) is 98.0 Å². The first-order valence-electron chi connectivity index (χ1n) is 12.7. The summed E-state index contributed by atoms with van der Waals surface area (Å²) in [6.07, 6.45) is 0.957. The topological polar surface area (TPSA) is 139 Å². The van der Waals surface area contributed by atoms with Gasteiger partial charge in [0.1, 0.15) is 24.0 Å². The van der Waals surface area contributed by atoms with Gasteiger partial charge in [-0.05, 0) is 30.7 Å². The van der Waals surface area contributed by atoms with Crippen molar-refractivity contribution in [1.82, 2.24) is 10.2 Å². The molecule has 2 amide bonds. The summed E-state index contributed by atoms with van der Waals surface area (Å²) in [7, 11) is -2.93. The second kappa shape index (κ2) is 14.3. The maximum Gasteiger partial charge on any atom is 0.271 e. The number of benzene rings is 3. The van der Waals surface area contributed by atoms with Gasteiger partial charge in [0.05, 0.1) is 18.3 Å². The van der Waals surface area contributed by atoms with Crippen LogP contribution in [0, 0.1) is 10.1 Å². The highest BCUT2D eigenvalue weighted by molar-refractivity contribution is 7.92. The maximum absolute atomic E-state index is 14.1. The molecule has 0 heterocycles. The van der Waals surface area contributed by atoms with Crippen molar-refractivity contribution in [3.63, 3.8) is 0 Å². The van der Waals surface area contributed by atoms with Crippen molar-refractivity contribution in [2.75, 3.05) is 30.8 Å². The number of methoxy groups -OCH3 is 1. The van der Waals surface area contributed by atoms with Crippen molar-refractivity contribution in [3.8, 4) is 5.75 Å². The molecule has 224 valence electrons. The molecule has 0 spiro atoms. The van der Waals surface area contributed by atoms with E-state index >= 15 is 0 Å². The summed E-state index contributed by atoms with van der Waals surface area (Å²) in [6, 6.07) is 16.1. The minimum atomic E-state index is -4.20. The first-order chi connectivity index (χ1) is 19.9. The number of sulfonamides is 1. The minimum Gasteiger partial charge on any atom is -0.495 e. The fourth-order valence-corrected chi connectivity index (χ4v) is 5.64. The van der Waals surface area contributed by atoms with Crippen LogP contribution < -0.4 is 14.4 Å². The predicted molar refractivity (Wildman–Crippen MR) is 161 cm³/mol. The van der Waals surface area contributed by atoms with Gasteiger partial charge in [-0.25, -0.2) is 8.42 Å². The third-order valence-electron chi connectivity index (χ3n) is 6.33. The molecule has 1 atom stereocenters. The number of carbonyl (C=O) groups excluding carboxylic acids is 2. The van der Waals surface area contributed by atoms with Crippen molar-refractivity contribution in [2.45, 2.75) is 25.9 Å². The number of nitrogens with one attached hydrogen (secondary N) is 1. The second-order valence-electron chi connectivity index (χ2n) is 9.20. The van der Waals surface area contributed by atoms with Gasteiger partial charge in [-0.2, -0.15) is 0 Å². The highest BCUT2D eigenvalue weighted by atomic mass is 35.5. The zero-order valence-corrected chi connectivity index (χ0v) is 25.4. The smallest absolute Gasteiger partial charge is 0.271 e. The molecule has 0 saturated carbocycles. The van der Waals surface area contributed by atoms with Crippen LogP contribution in [0.1, 0.15) is 18.1 Å². The molecule has 11 nitrogen and oxygen atoms in total. The molecular weight excluding hydrogens is 607 g/mol. The molecule has 0 aliphatic carbocycles. The summed E-state index contributed by atoms with van der Waals surface area (Å²) in [5.74, 6) is -1.27. The third kappa shape index (κ3) is 8.11. The second-order valence-corrected chi connectivity index (χ2v) is 11.9. The van der Waals surface area contributed by atoms with Crippen LogP contribution in [0.15, 0.2) is 66.7 Å². The Hall–Kier alpha value is -3.87. The molecule has 0 aliphatic rings. The van der Waals surface area contributed by atoms with Crippen LogP contribution in [0.2, 0.25) is 10.0 Å². The first kappa shape index (κ1) is 32.6. The summed E-state index contributed by atoms with van der Waals surface area (Å²) in [5.41, 5.74) is 0.485. The fourth-order valence-electron chi connectivity index (χ4n) is 4.28.